The molecule has 0 radical (unpaired) electrons. The van der Waals surface area contributed by atoms with Crippen LogP contribution in [0.2, 0.25) is 0 Å². The standard InChI is InChI=1S/C21H21N3O3/c1-26-18-9-5-6-10-19(18)27-14-16-13-17(24-23-16)20(25)22-21(11-12-21)15-7-3-2-4-8-15/h2-10,13H,11-12,14H2,1H3,(H,22,25)(H,23,24). The van der Waals surface area contributed by atoms with Crippen LogP contribution in [0.5, 0.6) is 11.5 Å². The number of amides is 1. The number of aromatic nitrogens is 2. The lowest BCUT2D eigenvalue weighted by Crippen LogP contribution is -2.35. The fourth-order valence-electron chi connectivity index (χ4n) is 3.09. The van der Waals surface area contributed by atoms with E-state index in [2.05, 4.69) is 15.5 Å². The van der Waals surface area contributed by atoms with Gasteiger partial charge in [-0.15, -0.1) is 0 Å². The number of para-hydroxylation sites is 2. The van der Waals surface area contributed by atoms with Gasteiger partial charge < -0.3 is 14.8 Å². The predicted octanol–water partition coefficient (Wildman–Crippen LogP) is 3.42. The van der Waals surface area contributed by atoms with Gasteiger partial charge in [-0.2, -0.15) is 5.10 Å². The summed E-state index contributed by atoms with van der Waals surface area (Å²) in [4.78, 5) is 12.6. The lowest BCUT2D eigenvalue weighted by molar-refractivity contribution is 0.0925. The first-order valence-corrected chi connectivity index (χ1v) is 8.88. The van der Waals surface area contributed by atoms with Crippen LogP contribution in [0.3, 0.4) is 0 Å². The molecule has 1 saturated carbocycles. The molecule has 0 spiro atoms. The fraction of sp³-hybridized carbons (Fsp3) is 0.238. The van der Waals surface area contributed by atoms with Crippen LogP contribution in [0.4, 0.5) is 0 Å². The molecule has 1 aromatic heterocycles. The molecule has 6 heteroatoms. The van der Waals surface area contributed by atoms with Gasteiger partial charge in [0.05, 0.1) is 18.3 Å². The zero-order valence-corrected chi connectivity index (χ0v) is 15.1. The number of benzene rings is 2. The van der Waals surface area contributed by atoms with Crippen molar-refractivity contribution in [3.63, 3.8) is 0 Å². The van der Waals surface area contributed by atoms with E-state index in [0.29, 0.717) is 17.2 Å². The first kappa shape index (κ1) is 17.1. The second-order valence-corrected chi connectivity index (χ2v) is 6.62. The van der Waals surface area contributed by atoms with Gasteiger partial charge in [0.15, 0.2) is 11.5 Å². The lowest BCUT2D eigenvalue weighted by Gasteiger charge is -2.17. The third-order valence-corrected chi connectivity index (χ3v) is 4.74. The van der Waals surface area contributed by atoms with E-state index in [1.165, 1.54) is 0 Å². The average molecular weight is 363 g/mol. The van der Waals surface area contributed by atoms with Crippen molar-refractivity contribution in [2.45, 2.75) is 25.0 Å². The molecule has 1 amide bonds. The Morgan fingerprint density at radius 1 is 1.11 bits per heavy atom. The van der Waals surface area contributed by atoms with Crippen LogP contribution in [0.25, 0.3) is 0 Å². The zero-order chi connectivity index (χ0) is 18.7. The summed E-state index contributed by atoms with van der Waals surface area (Å²) in [6.45, 7) is 0.268. The molecule has 1 aliphatic rings. The Balaban J connectivity index is 1.40. The number of aromatic amines is 1. The van der Waals surface area contributed by atoms with E-state index in [1.54, 1.807) is 13.2 Å². The number of hydrogen-bond donors (Lipinski definition) is 2. The molecular weight excluding hydrogens is 342 g/mol. The van der Waals surface area contributed by atoms with Crippen LogP contribution < -0.4 is 14.8 Å². The molecule has 0 unspecified atom stereocenters. The van der Waals surface area contributed by atoms with E-state index in [4.69, 9.17) is 9.47 Å². The summed E-state index contributed by atoms with van der Waals surface area (Å²) < 4.78 is 11.0. The lowest BCUT2D eigenvalue weighted by atomic mass is 10.0. The van der Waals surface area contributed by atoms with Gasteiger partial charge >= 0.3 is 0 Å². The van der Waals surface area contributed by atoms with Gasteiger partial charge in [0.1, 0.15) is 12.3 Å². The summed E-state index contributed by atoms with van der Waals surface area (Å²) >= 11 is 0. The van der Waals surface area contributed by atoms with Crippen LogP contribution in [-0.2, 0) is 12.1 Å². The first-order chi connectivity index (χ1) is 13.2. The number of methoxy groups -OCH3 is 1. The SMILES string of the molecule is COc1ccccc1OCc1cc(C(=O)NC2(c3ccccc3)CC2)n[nH]1. The molecule has 2 N–H and O–H groups in total. The second kappa shape index (κ2) is 7.15. The molecule has 4 rings (SSSR count). The Hall–Kier alpha value is -3.28. The van der Waals surface area contributed by atoms with Crippen LogP contribution in [0.1, 0.15) is 34.6 Å². The second-order valence-electron chi connectivity index (χ2n) is 6.62. The van der Waals surface area contributed by atoms with Crippen molar-refractivity contribution in [1.29, 1.82) is 0 Å². The highest BCUT2D eigenvalue weighted by Gasteiger charge is 2.45. The third kappa shape index (κ3) is 3.65. The Kier molecular flexibility index (Phi) is 4.54. The number of H-pyrrole nitrogens is 1. The van der Waals surface area contributed by atoms with Crippen LogP contribution in [-0.4, -0.2) is 23.2 Å². The smallest absolute Gasteiger partial charge is 0.272 e. The summed E-state index contributed by atoms with van der Waals surface area (Å²) in [5, 5.41) is 10.1. The summed E-state index contributed by atoms with van der Waals surface area (Å²) in [5.74, 6) is 1.12. The van der Waals surface area contributed by atoms with Crippen LogP contribution >= 0.6 is 0 Å². The molecule has 27 heavy (non-hydrogen) atoms. The van der Waals surface area contributed by atoms with E-state index >= 15 is 0 Å². The Morgan fingerprint density at radius 3 is 2.52 bits per heavy atom. The number of nitrogens with zero attached hydrogens (tertiary/aromatic N) is 1. The molecule has 0 saturated heterocycles. The van der Waals surface area contributed by atoms with Crippen molar-refractivity contribution in [2.24, 2.45) is 0 Å². The Bertz CT molecular complexity index is 933. The van der Waals surface area contributed by atoms with Gasteiger partial charge in [-0.3, -0.25) is 9.89 Å². The van der Waals surface area contributed by atoms with Crippen molar-refractivity contribution >= 4 is 5.91 Å². The summed E-state index contributed by atoms with van der Waals surface area (Å²) in [6.07, 6.45) is 1.88. The summed E-state index contributed by atoms with van der Waals surface area (Å²) in [7, 11) is 1.60. The van der Waals surface area contributed by atoms with Gasteiger partial charge in [0.25, 0.3) is 5.91 Å². The van der Waals surface area contributed by atoms with Crippen molar-refractivity contribution in [3.8, 4) is 11.5 Å². The molecular formula is C21H21N3O3. The molecule has 6 nitrogen and oxygen atoms in total. The predicted molar refractivity (Wildman–Crippen MR) is 101 cm³/mol. The highest BCUT2D eigenvalue weighted by atomic mass is 16.5. The molecule has 1 aliphatic carbocycles. The normalized spacial score (nSPS) is 14.4. The molecule has 2 aromatic carbocycles. The maximum atomic E-state index is 12.6. The van der Waals surface area contributed by atoms with Crippen molar-refractivity contribution in [3.05, 3.63) is 77.6 Å². The van der Waals surface area contributed by atoms with Crippen molar-refractivity contribution in [2.75, 3.05) is 7.11 Å². The molecule has 0 atom stereocenters. The number of carbonyl (C=O) groups is 1. The van der Waals surface area contributed by atoms with Gasteiger partial charge in [-0.05, 0) is 36.6 Å². The summed E-state index contributed by atoms with van der Waals surface area (Å²) in [5.41, 5.74) is 1.95. The number of ether oxygens (including phenoxy) is 2. The molecule has 138 valence electrons. The minimum absolute atomic E-state index is 0.184. The van der Waals surface area contributed by atoms with E-state index in [0.717, 1.165) is 24.1 Å². The molecule has 0 aliphatic heterocycles. The third-order valence-electron chi connectivity index (χ3n) is 4.74. The van der Waals surface area contributed by atoms with Crippen LogP contribution in [0.15, 0.2) is 60.7 Å². The average Bonchev–Trinajstić information content (AvgIpc) is 3.34. The van der Waals surface area contributed by atoms with Crippen molar-refractivity contribution < 1.29 is 14.3 Å². The van der Waals surface area contributed by atoms with Crippen molar-refractivity contribution in [1.82, 2.24) is 15.5 Å². The first-order valence-electron chi connectivity index (χ1n) is 8.88. The number of hydrogen-bond acceptors (Lipinski definition) is 4. The van der Waals surface area contributed by atoms with Gasteiger partial charge in [0.2, 0.25) is 0 Å². The van der Waals surface area contributed by atoms with E-state index in [1.807, 2.05) is 54.6 Å². The molecule has 1 fully saturated rings. The van der Waals surface area contributed by atoms with Gasteiger partial charge in [-0.1, -0.05) is 42.5 Å². The van der Waals surface area contributed by atoms with Crippen LogP contribution in [0, 0.1) is 0 Å². The highest BCUT2D eigenvalue weighted by Crippen LogP contribution is 2.45. The summed E-state index contributed by atoms with van der Waals surface area (Å²) in [6, 6.07) is 19.2. The van der Waals surface area contributed by atoms with E-state index in [9.17, 15) is 4.79 Å². The number of carbonyl (C=O) groups excluding carboxylic acids is 1. The van der Waals surface area contributed by atoms with E-state index < -0.39 is 0 Å². The minimum Gasteiger partial charge on any atom is -0.493 e. The number of nitrogens with one attached hydrogen (secondary N) is 2. The molecule has 1 heterocycles. The highest BCUT2D eigenvalue weighted by molar-refractivity contribution is 5.93. The zero-order valence-electron chi connectivity index (χ0n) is 15.1. The Labute approximate surface area is 157 Å². The van der Waals surface area contributed by atoms with Gasteiger partial charge in [0, 0.05) is 0 Å². The fourth-order valence-corrected chi connectivity index (χ4v) is 3.09. The van der Waals surface area contributed by atoms with Gasteiger partial charge in [-0.25, -0.2) is 0 Å². The molecule has 0 bridgehead atoms. The number of rotatable bonds is 7. The minimum atomic E-state index is -0.259. The topological polar surface area (TPSA) is 76.2 Å². The molecule has 3 aromatic rings. The Morgan fingerprint density at radius 2 is 1.81 bits per heavy atom. The maximum absolute atomic E-state index is 12.6. The maximum Gasteiger partial charge on any atom is 0.272 e. The largest absolute Gasteiger partial charge is 0.493 e. The quantitative estimate of drug-likeness (QED) is 0.674. The van der Waals surface area contributed by atoms with E-state index in [-0.39, 0.29) is 18.1 Å². The monoisotopic (exact) mass is 363 g/mol.